The summed E-state index contributed by atoms with van der Waals surface area (Å²) in [6, 6.07) is 0. The van der Waals surface area contributed by atoms with E-state index in [0.717, 1.165) is 70.1 Å². The van der Waals surface area contributed by atoms with Crippen LogP contribution in [0, 0.1) is 5.92 Å². The lowest BCUT2D eigenvalue weighted by atomic mass is 9.99. The second kappa shape index (κ2) is 40.3. The van der Waals surface area contributed by atoms with Gasteiger partial charge in [-0.05, 0) is 44.4 Å². The van der Waals surface area contributed by atoms with Crippen LogP contribution in [0.25, 0.3) is 0 Å². The van der Waals surface area contributed by atoms with Crippen LogP contribution in [0.1, 0.15) is 213 Å². The fourth-order valence-electron chi connectivity index (χ4n) is 6.28. The minimum atomic E-state index is -0.985. The molecule has 6 heteroatoms. The molecular weight excluding hydrogens is 648 g/mol. The Morgan fingerprint density at radius 3 is 1.40 bits per heavy atom. The lowest BCUT2D eigenvalue weighted by Crippen LogP contribution is -2.25. The van der Waals surface area contributed by atoms with Gasteiger partial charge in [-0.25, -0.2) is 0 Å². The van der Waals surface area contributed by atoms with Gasteiger partial charge < -0.3 is 19.7 Å². The van der Waals surface area contributed by atoms with Gasteiger partial charge in [0, 0.05) is 12.8 Å². The van der Waals surface area contributed by atoms with Gasteiger partial charge in [-0.15, -0.1) is 0 Å². The molecule has 0 aliphatic carbocycles. The minimum absolute atomic E-state index is 0.133. The van der Waals surface area contributed by atoms with Gasteiger partial charge in [0.2, 0.25) is 0 Å². The largest absolute Gasteiger partial charge is 0.463 e. The fourth-order valence-corrected chi connectivity index (χ4v) is 6.28. The number of allylic oxidation sites excluding steroid dienone is 4. The topological polar surface area (TPSA) is 93.1 Å². The van der Waals surface area contributed by atoms with Crippen LogP contribution in [0.15, 0.2) is 36.5 Å². The molecule has 52 heavy (non-hydrogen) atoms. The molecule has 2 N–H and O–H groups in total. The maximum atomic E-state index is 12.0. The van der Waals surface area contributed by atoms with Gasteiger partial charge in [-0.1, -0.05) is 198 Å². The van der Waals surface area contributed by atoms with Crippen molar-refractivity contribution in [2.75, 3.05) is 13.2 Å². The Morgan fingerprint density at radius 1 is 0.538 bits per heavy atom. The van der Waals surface area contributed by atoms with E-state index in [1.807, 2.05) is 24.3 Å². The van der Waals surface area contributed by atoms with Crippen LogP contribution in [-0.2, 0) is 19.1 Å². The molecule has 0 amide bonds. The first-order valence-corrected chi connectivity index (χ1v) is 22.0. The first-order valence-electron chi connectivity index (χ1n) is 22.0. The summed E-state index contributed by atoms with van der Waals surface area (Å²) in [6.45, 7) is 6.49. The van der Waals surface area contributed by atoms with E-state index < -0.39 is 12.2 Å². The summed E-state index contributed by atoms with van der Waals surface area (Å²) in [6.07, 6.45) is 45.4. The maximum absolute atomic E-state index is 12.0. The maximum Gasteiger partial charge on any atom is 0.305 e. The van der Waals surface area contributed by atoms with E-state index in [2.05, 4.69) is 32.9 Å². The molecule has 0 aromatic carbocycles. The lowest BCUT2D eigenvalue weighted by molar-refractivity contribution is -0.152. The zero-order valence-corrected chi connectivity index (χ0v) is 34.4. The number of rotatable bonds is 39. The van der Waals surface area contributed by atoms with Crippen molar-refractivity contribution in [2.45, 2.75) is 226 Å². The van der Waals surface area contributed by atoms with Gasteiger partial charge in [-0.2, -0.15) is 0 Å². The summed E-state index contributed by atoms with van der Waals surface area (Å²) in [5.74, 6) is 0.301. The predicted octanol–water partition coefficient (Wildman–Crippen LogP) is 12.8. The Bertz CT molecular complexity index is 865. The van der Waals surface area contributed by atoms with Crippen molar-refractivity contribution < 1.29 is 29.3 Å². The van der Waals surface area contributed by atoms with Gasteiger partial charge in [0.25, 0.3) is 0 Å². The van der Waals surface area contributed by atoms with Gasteiger partial charge in [0.05, 0.1) is 6.10 Å². The Balaban J connectivity index is 3.44. The summed E-state index contributed by atoms with van der Waals surface area (Å²) in [5, 5.41) is 19.9. The summed E-state index contributed by atoms with van der Waals surface area (Å²) in [5.41, 5.74) is 0. The first-order chi connectivity index (χ1) is 25.4. The molecule has 0 fully saturated rings. The molecule has 304 valence electrons. The standard InChI is InChI=1S/C46H84O6/c1-4-6-30-36-43(47)37-32-27-23-19-17-21-25-29-34-39-46(50)52-41-44(48)40-51-45(49)38-33-28-24-20-16-14-12-10-8-7-9-11-13-15-18-22-26-31-35-42(3)5-2/h6,23,27,30,32,37,42-44,47-48H,4-5,7-22,24-26,28-29,31,33-36,38-41H2,1-3H3/b27-23+,30-6+,37-32+/t42?,43?,44-/m1/s1. The van der Waals surface area contributed by atoms with Gasteiger partial charge in [0.15, 0.2) is 0 Å². The Morgan fingerprint density at radius 2 is 0.962 bits per heavy atom. The van der Waals surface area contributed by atoms with Crippen molar-refractivity contribution in [1.82, 2.24) is 0 Å². The number of aliphatic hydroxyl groups is 2. The van der Waals surface area contributed by atoms with E-state index in [4.69, 9.17) is 9.47 Å². The number of hydrogen-bond donors (Lipinski definition) is 2. The second-order valence-corrected chi connectivity index (χ2v) is 15.2. The molecule has 0 saturated carbocycles. The van der Waals surface area contributed by atoms with E-state index in [9.17, 15) is 19.8 Å². The molecular formula is C46H84O6. The number of ether oxygens (including phenoxy) is 2. The zero-order chi connectivity index (χ0) is 38.2. The van der Waals surface area contributed by atoms with Crippen LogP contribution < -0.4 is 0 Å². The van der Waals surface area contributed by atoms with Crippen molar-refractivity contribution in [3.05, 3.63) is 36.5 Å². The molecule has 0 bridgehead atoms. The van der Waals surface area contributed by atoms with Crippen molar-refractivity contribution in [1.29, 1.82) is 0 Å². The third kappa shape index (κ3) is 39.3. The average Bonchev–Trinajstić information content (AvgIpc) is 3.14. The number of esters is 2. The van der Waals surface area contributed by atoms with Crippen LogP contribution >= 0.6 is 0 Å². The molecule has 0 aliphatic heterocycles. The molecule has 0 rings (SSSR count). The first kappa shape index (κ1) is 50.1. The van der Waals surface area contributed by atoms with Crippen LogP contribution in [0.5, 0.6) is 0 Å². The number of aliphatic hydroxyl groups excluding tert-OH is 2. The van der Waals surface area contributed by atoms with E-state index in [-0.39, 0.29) is 25.2 Å². The summed E-state index contributed by atoms with van der Waals surface area (Å²) >= 11 is 0. The van der Waals surface area contributed by atoms with Crippen LogP contribution in [0.4, 0.5) is 0 Å². The molecule has 2 unspecified atom stereocenters. The molecule has 0 radical (unpaired) electrons. The lowest BCUT2D eigenvalue weighted by Gasteiger charge is -2.12. The third-order valence-corrected chi connectivity index (χ3v) is 10.0. The van der Waals surface area contributed by atoms with E-state index in [1.54, 1.807) is 0 Å². The molecule has 0 aromatic rings. The SMILES string of the molecule is CC/C=C/CC(O)/C=C/C=C/CCCCCCCC(=O)OC[C@H](O)COC(=O)CCCCCCCCCCCCCCCCCCCCC(C)CC. The van der Waals surface area contributed by atoms with Gasteiger partial charge >= 0.3 is 11.9 Å². The second-order valence-electron chi connectivity index (χ2n) is 15.2. The molecule has 0 aromatic heterocycles. The van der Waals surface area contributed by atoms with Crippen LogP contribution in [0.3, 0.4) is 0 Å². The Hall–Kier alpha value is -1.92. The van der Waals surface area contributed by atoms with Crippen molar-refractivity contribution in [3.8, 4) is 0 Å². The van der Waals surface area contributed by atoms with Crippen molar-refractivity contribution in [2.24, 2.45) is 5.92 Å². The Labute approximate surface area is 321 Å². The normalized spacial score (nSPS) is 13.7. The molecule has 0 spiro atoms. The van der Waals surface area contributed by atoms with E-state index in [0.29, 0.717) is 19.3 Å². The predicted molar refractivity (Wildman–Crippen MR) is 220 cm³/mol. The molecule has 0 aliphatic rings. The fraction of sp³-hybridized carbons (Fsp3) is 0.826. The van der Waals surface area contributed by atoms with Crippen LogP contribution in [-0.4, -0.2) is 47.6 Å². The third-order valence-electron chi connectivity index (χ3n) is 10.0. The van der Waals surface area contributed by atoms with Gasteiger partial charge in [-0.3, -0.25) is 9.59 Å². The molecule has 6 nitrogen and oxygen atoms in total. The highest BCUT2D eigenvalue weighted by atomic mass is 16.6. The van der Waals surface area contributed by atoms with E-state index >= 15 is 0 Å². The number of carbonyl (C=O) groups excluding carboxylic acids is 2. The monoisotopic (exact) mass is 733 g/mol. The molecule has 0 heterocycles. The average molecular weight is 733 g/mol. The number of unbranched alkanes of at least 4 members (excludes halogenated alkanes) is 22. The van der Waals surface area contributed by atoms with Crippen molar-refractivity contribution in [3.63, 3.8) is 0 Å². The highest BCUT2D eigenvalue weighted by Gasteiger charge is 2.12. The number of hydrogen-bond acceptors (Lipinski definition) is 6. The van der Waals surface area contributed by atoms with Gasteiger partial charge in [0.1, 0.15) is 19.3 Å². The zero-order valence-electron chi connectivity index (χ0n) is 34.4. The highest BCUT2D eigenvalue weighted by Crippen LogP contribution is 2.17. The molecule has 0 saturated heterocycles. The Kier molecular flexibility index (Phi) is 38.8. The quantitative estimate of drug-likeness (QED) is 0.0283. The highest BCUT2D eigenvalue weighted by molar-refractivity contribution is 5.69. The van der Waals surface area contributed by atoms with Crippen LogP contribution in [0.2, 0.25) is 0 Å². The summed E-state index contributed by atoms with van der Waals surface area (Å²) < 4.78 is 10.3. The summed E-state index contributed by atoms with van der Waals surface area (Å²) in [4.78, 5) is 24.0. The summed E-state index contributed by atoms with van der Waals surface area (Å²) in [7, 11) is 0. The molecule has 3 atom stereocenters. The van der Waals surface area contributed by atoms with E-state index in [1.165, 1.54) is 109 Å². The number of carbonyl (C=O) groups is 2. The minimum Gasteiger partial charge on any atom is -0.463 e. The smallest absolute Gasteiger partial charge is 0.305 e. The van der Waals surface area contributed by atoms with Crippen molar-refractivity contribution >= 4 is 11.9 Å².